The summed E-state index contributed by atoms with van der Waals surface area (Å²) in [5, 5.41) is 0. The molecule has 1 atom stereocenters. The van der Waals surface area contributed by atoms with Gasteiger partial charge in [0.05, 0.1) is 6.61 Å². The summed E-state index contributed by atoms with van der Waals surface area (Å²) in [4.78, 5) is 2.08. The van der Waals surface area contributed by atoms with Crippen LogP contribution in [0.25, 0.3) is 0 Å². The van der Waals surface area contributed by atoms with Crippen molar-refractivity contribution < 1.29 is 4.74 Å². The first-order valence-corrected chi connectivity index (χ1v) is 4.75. The average Bonchev–Trinajstić information content (AvgIpc) is 2.66. The van der Waals surface area contributed by atoms with E-state index in [9.17, 15) is 0 Å². The van der Waals surface area contributed by atoms with Crippen molar-refractivity contribution in [3.63, 3.8) is 0 Å². The van der Waals surface area contributed by atoms with Crippen LogP contribution in [0.5, 0.6) is 0 Å². The van der Waals surface area contributed by atoms with Crippen molar-refractivity contribution >= 4 is 0 Å². The summed E-state index contributed by atoms with van der Waals surface area (Å²) in [6.45, 7) is 0.702. The Morgan fingerprint density at radius 3 is 3.07 bits per heavy atom. The third-order valence-electron chi connectivity index (χ3n) is 2.60. The second kappa shape index (κ2) is 2.72. The number of hydrogen-bond donors (Lipinski definition) is 0. The standard InChI is InChI=1S/C12H11NO/c1-2-7-13-8-6-12(5-3-9-14-12)10-11(13)4-1/h1-8,10H,9H2. The molecule has 0 fully saturated rings. The Hall–Kier alpha value is -1.54. The van der Waals surface area contributed by atoms with E-state index in [1.807, 2.05) is 24.6 Å². The van der Waals surface area contributed by atoms with Crippen molar-refractivity contribution in [3.8, 4) is 0 Å². The number of ether oxygens (including phenoxy) is 1. The minimum absolute atomic E-state index is 0.290. The van der Waals surface area contributed by atoms with Crippen LogP contribution >= 0.6 is 0 Å². The lowest BCUT2D eigenvalue weighted by Gasteiger charge is -2.30. The normalized spacial score (nSPS) is 32.6. The van der Waals surface area contributed by atoms with Gasteiger partial charge in [0.1, 0.15) is 5.60 Å². The molecule has 14 heavy (non-hydrogen) atoms. The Balaban J connectivity index is 2.01. The molecule has 0 saturated carbocycles. The maximum Gasteiger partial charge on any atom is 0.127 e. The van der Waals surface area contributed by atoms with Gasteiger partial charge < -0.3 is 9.64 Å². The average molecular weight is 185 g/mol. The summed E-state index contributed by atoms with van der Waals surface area (Å²) in [6, 6.07) is 0. The van der Waals surface area contributed by atoms with E-state index in [0.717, 1.165) is 0 Å². The van der Waals surface area contributed by atoms with E-state index in [0.29, 0.717) is 6.61 Å². The van der Waals surface area contributed by atoms with Gasteiger partial charge >= 0.3 is 0 Å². The van der Waals surface area contributed by atoms with E-state index in [-0.39, 0.29) is 5.60 Å². The summed E-state index contributed by atoms with van der Waals surface area (Å²) < 4.78 is 5.67. The zero-order valence-electron chi connectivity index (χ0n) is 7.76. The van der Waals surface area contributed by atoms with Gasteiger partial charge in [-0.15, -0.1) is 0 Å². The molecule has 0 N–H and O–H groups in total. The van der Waals surface area contributed by atoms with Crippen molar-refractivity contribution in [2.45, 2.75) is 5.60 Å². The molecule has 1 spiro atoms. The van der Waals surface area contributed by atoms with Crippen LogP contribution in [-0.2, 0) is 4.74 Å². The molecule has 0 bridgehead atoms. The zero-order valence-corrected chi connectivity index (χ0v) is 7.76. The third-order valence-corrected chi connectivity index (χ3v) is 2.60. The quantitative estimate of drug-likeness (QED) is 0.536. The van der Waals surface area contributed by atoms with Crippen molar-refractivity contribution in [3.05, 3.63) is 60.6 Å². The molecule has 0 aromatic heterocycles. The lowest BCUT2D eigenvalue weighted by atomic mass is 9.99. The van der Waals surface area contributed by atoms with Crippen LogP contribution in [0.3, 0.4) is 0 Å². The van der Waals surface area contributed by atoms with Gasteiger partial charge in [-0.1, -0.05) is 12.2 Å². The highest BCUT2D eigenvalue weighted by Crippen LogP contribution is 2.30. The van der Waals surface area contributed by atoms with E-state index < -0.39 is 0 Å². The van der Waals surface area contributed by atoms with Gasteiger partial charge in [-0.25, -0.2) is 0 Å². The second-order valence-corrected chi connectivity index (χ2v) is 3.56. The highest BCUT2D eigenvalue weighted by molar-refractivity contribution is 5.41. The first kappa shape index (κ1) is 7.83. The van der Waals surface area contributed by atoms with Crippen LogP contribution in [0.2, 0.25) is 0 Å². The fourth-order valence-electron chi connectivity index (χ4n) is 1.87. The third kappa shape index (κ3) is 1.08. The van der Waals surface area contributed by atoms with Crippen LogP contribution in [0.4, 0.5) is 0 Å². The molecule has 3 aliphatic rings. The lowest BCUT2D eigenvalue weighted by molar-refractivity contribution is 0.0994. The molecule has 0 radical (unpaired) electrons. The molecule has 0 saturated heterocycles. The zero-order chi connectivity index (χ0) is 9.43. The fraction of sp³-hybridized carbons (Fsp3) is 0.167. The van der Waals surface area contributed by atoms with Gasteiger partial charge in [0.2, 0.25) is 0 Å². The van der Waals surface area contributed by atoms with Crippen LogP contribution in [0.1, 0.15) is 0 Å². The molecule has 3 rings (SSSR count). The molecular formula is C12H11NO. The van der Waals surface area contributed by atoms with E-state index in [4.69, 9.17) is 4.74 Å². The predicted octanol–water partition coefficient (Wildman–Crippen LogP) is 2.11. The van der Waals surface area contributed by atoms with E-state index in [1.165, 1.54) is 5.70 Å². The van der Waals surface area contributed by atoms with Gasteiger partial charge in [-0.2, -0.15) is 0 Å². The van der Waals surface area contributed by atoms with E-state index in [2.05, 4.69) is 35.3 Å². The summed E-state index contributed by atoms with van der Waals surface area (Å²) in [6.07, 6.45) is 18.6. The number of nitrogens with zero attached hydrogens (tertiary/aromatic N) is 1. The molecule has 3 aliphatic heterocycles. The van der Waals surface area contributed by atoms with Crippen LogP contribution in [-0.4, -0.2) is 17.1 Å². The molecule has 0 amide bonds. The fourth-order valence-corrected chi connectivity index (χ4v) is 1.87. The number of hydrogen-bond acceptors (Lipinski definition) is 2. The molecule has 0 aliphatic carbocycles. The van der Waals surface area contributed by atoms with Crippen LogP contribution < -0.4 is 0 Å². The first-order chi connectivity index (χ1) is 6.88. The number of rotatable bonds is 0. The van der Waals surface area contributed by atoms with Gasteiger partial charge in [-0.05, 0) is 30.4 Å². The molecule has 2 heteroatoms. The Morgan fingerprint density at radius 2 is 2.21 bits per heavy atom. The van der Waals surface area contributed by atoms with Gasteiger partial charge in [-0.3, -0.25) is 0 Å². The molecule has 3 heterocycles. The molecule has 0 aromatic rings. The smallest absolute Gasteiger partial charge is 0.127 e. The Morgan fingerprint density at radius 1 is 1.21 bits per heavy atom. The highest BCUT2D eigenvalue weighted by Gasteiger charge is 2.29. The highest BCUT2D eigenvalue weighted by atomic mass is 16.5. The van der Waals surface area contributed by atoms with Gasteiger partial charge in [0.15, 0.2) is 0 Å². The first-order valence-electron chi connectivity index (χ1n) is 4.75. The monoisotopic (exact) mass is 185 g/mol. The van der Waals surface area contributed by atoms with E-state index in [1.54, 1.807) is 0 Å². The van der Waals surface area contributed by atoms with Gasteiger partial charge in [0, 0.05) is 18.1 Å². The molecular weight excluding hydrogens is 174 g/mol. The van der Waals surface area contributed by atoms with Crippen molar-refractivity contribution in [2.24, 2.45) is 0 Å². The summed E-state index contributed by atoms with van der Waals surface area (Å²) in [5.74, 6) is 0. The van der Waals surface area contributed by atoms with Crippen molar-refractivity contribution in [2.75, 3.05) is 6.61 Å². The molecule has 0 aromatic carbocycles. The lowest BCUT2D eigenvalue weighted by Crippen LogP contribution is -2.28. The van der Waals surface area contributed by atoms with Gasteiger partial charge in [0.25, 0.3) is 0 Å². The Bertz CT molecular complexity index is 401. The SMILES string of the molecule is C1=CC2=CC3(C=CCO3)C=CN2C=C1. The minimum atomic E-state index is -0.290. The predicted molar refractivity (Wildman–Crippen MR) is 55.2 cm³/mol. The second-order valence-electron chi connectivity index (χ2n) is 3.56. The van der Waals surface area contributed by atoms with Crippen molar-refractivity contribution in [1.82, 2.24) is 4.90 Å². The topological polar surface area (TPSA) is 12.5 Å². The summed E-state index contributed by atoms with van der Waals surface area (Å²) in [5.41, 5.74) is 0.878. The van der Waals surface area contributed by atoms with Crippen LogP contribution in [0.15, 0.2) is 60.6 Å². The Labute approximate surface area is 83.2 Å². The maximum atomic E-state index is 5.67. The molecule has 2 nitrogen and oxygen atoms in total. The Kier molecular flexibility index (Phi) is 1.52. The minimum Gasteiger partial charge on any atom is -0.359 e. The number of allylic oxidation sites excluding steroid dienone is 3. The summed E-state index contributed by atoms with van der Waals surface area (Å²) >= 11 is 0. The van der Waals surface area contributed by atoms with E-state index >= 15 is 0 Å². The molecule has 70 valence electrons. The largest absolute Gasteiger partial charge is 0.359 e. The summed E-state index contributed by atoms with van der Waals surface area (Å²) in [7, 11) is 0. The molecule has 1 unspecified atom stereocenters. The van der Waals surface area contributed by atoms with Crippen molar-refractivity contribution in [1.29, 1.82) is 0 Å². The van der Waals surface area contributed by atoms with Crippen LogP contribution in [0, 0.1) is 0 Å². The number of fused-ring (bicyclic) bond motifs is 1. The maximum absolute atomic E-state index is 5.67.